The van der Waals surface area contributed by atoms with Crippen molar-refractivity contribution in [2.24, 2.45) is 16.5 Å². The minimum absolute atomic E-state index is 0.356. The van der Waals surface area contributed by atoms with Gasteiger partial charge in [0.25, 0.3) is 0 Å². The molecule has 1 aromatic carbocycles. The van der Waals surface area contributed by atoms with Gasteiger partial charge < -0.3 is 11.5 Å². The van der Waals surface area contributed by atoms with E-state index < -0.39 is 11.6 Å². The molecule has 0 bridgehead atoms. The van der Waals surface area contributed by atoms with E-state index in [0.717, 1.165) is 12.4 Å². The lowest BCUT2D eigenvalue weighted by atomic mass is 10.2. The lowest BCUT2D eigenvalue weighted by Crippen LogP contribution is -2.06. The monoisotopic (exact) mass is 260 g/mol. The van der Waals surface area contributed by atoms with Crippen LogP contribution in [0.1, 0.15) is 5.56 Å². The third-order valence-electron chi connectivity index (χ3n) is 1.61. The summed E-state index contributed by atoms with van der Waals surface area (Å²) in [6.07, 6.45) is 0.750. The smallest absolute Gasteiger partial charge is 0.153 e. The zero-order valence-electron chi connectivity index (χ0n) is 9.28. The summed E-state index contributed by atoms with van der Waals surface area (Å²) in [4.78, 5) is 3.71. The Kier molecular flexibility index (Phi) is 7.70. The molecule has 0 radical (unpaired) electrons. The first-order valence-corrected chi connectivity index (χ1v) is 5.53. The van der Waals surface area contributed by atoms with E-state index in [9.17, 15) is 8.78 Å². The van der Waals surface area contributed by atoms with Gasteiger partial charge in [0, 0.05) is 18.9 Å². The van der Waals surface area contributed by atoms with Gasteiger partial charge in [-0.2, -0.15) is 0 Å². The molecule has 0 fully saturated rings. The maximum absolute atomic E-state index is 13.1. The van der Waals surface area contributed by atoms with Crippen LogP contribution in [-0.2, 0) is 5.75 Å². The van der Waals surface area contributed by atoms with Crippen LogP contribution in [0.3, 0.4) is 0 Å². The fourth-order valence-corrected chi connectivity index (χ4v) is 1.52. The van der Waals surface area contributed by atoms with E-state index in [1.807, 2.05) is 0 Å². The highest BCUT2D eigenvalue weighted by molar-refractivity contribution is 8.13. The number of rotatable bonds is 2. The molecule has 17 heavy (non-hydrogen) atoms. The summed E-state index contributed by atoms with van der Waals surface area (Å²) in [6.45, 7) is 0. The minimum atomic E-state index is -0.576. The highest BCUT2D eigenvalue weighted by atomic mass is 32.2. The van der Waals surface area contributed by atoms with E-state index in [4.69, 9.17) is 11.1 Å². The molecule has 0 spiro atoms. The van der Waals surface area contributed by atoms with E-state index in [2.05, 4.69) is 10.7 Å². The summed E-state index contributed by atoms with van der Waals surface area (Å²) in [7, 11) is 1.56. The molecular formula is C10H14F2N4S. The zero-order valence-corrected chi connectivity index (χ0v) is 10.1. The Morgan fingerprint density at radius 1 is 1.53 bits per heavy atom. The molecule has 0 saturated carbocycles. The van der Waals surface area contributed by atoms with Gasteiger partial charge in [0.15, 0.2) is 5.17 Å². The largest absolute Gasteiger partial charge is 0.390 e. The minimum Gasteiger partial charge on any atom is -0.390 e. The van der Waals surface area contributed by atoms with Gasteiger partial charge in [0.05, 0.1) is 6.34 Å². The molecule has 7 heteroatoms. The molecule has 0 atom stereocenters. The molecule has 0 amide bonds. The molecule has 0 unspecified atom stereocenters. The van der Waals surface area contributed by atoms with Gasteiger partial charge in [0.1, 0.15) is 11.6 Å². The molecule has 0 heterocycles. The molecule has 1 aromatic rings. The number of benzene rings is 1. The number of nitrogens with two attached hydrogens (primary N) is 2. The topological polar surface area (TPSA) is 88.2 Å². The summed E-state index contributed by atoms with van der Waals surface area (Å²) in [5.74, 6) is -0.773. The van der Waals surface area contributed by atoms with Gasteiger partial charge in [0.2, 0.25) is 0 Å². The van der Waals surface area contributed by atoms with Gasteiger partial charge in [-0.15, -0.1) is 0 Å². The van der Waals surface area contributed by atoms with Crippen LogP contribution in [0.5, 0.6) is 0 Å². The average Bonchev–Trinajstić information content (AvgIpc) is 2.28. The Balaban J connectivity index is 0.000000770. The maximum atomic E-state index is 13.1. The summed E-state index contributed by atoms with van der Waals surface area (Å²) >= 11 is 1.21. The molecule has 1 rings (SSSR count). The van der Waals surface area contributed by atoms with Crippen molar-refractivity contribution in [1.82, 2.24) is 0 Å². The van der Waals surface area contributed by atoms with E-state index in [-0.39, 0.29) is 0 Å². The summed E-state index contributed by atoms with van der Waals surface area (Å²) < 4.78 is 25.6. The maximum Gasteiger partial charge on any atom is 0.153 e. The molecule has 5 N–H and O–H groups in total. The molecule has 0 aliphatic carbocycles. The average molecular weight is 260 g/mol. The van der Waals surface area contributed by atoms with E-state index in [1.54, 1.807) is 7.05 Å². The van der Waals surface area contributed by atoms with E-state index in [1.165, 1.54) is 23.9 Å². The highest BCUT2D eigenvalue weighted by Gasteiger charge is 2.04. The fourth-order valence-electron chi connectivity index (χ4n) is 0.855. The Bertz CT molecular complexity index is 396. The van der Waals surface area contributed by atoms with Crippen molar-refractivity contribution in [3.05, 3.63) is 35.4 Å². The molecular weight excluding hydrogens is 246 g/mol. The van der Waals surface area contributed by atoms with E-state index >= 15 is 0 Å². The third-order valence-corrected chi connectivity index (χ3v) is 2.54. The molecule has 0 aliphatic heterocycles. The first kappa shape index (κ1) is 15.4. The number of aliphatic imine (C=N–C) groups is 1. The number of nitrogens with zero attached hydrogens (tertiary/aromatic N) is 1. The number of thioether (sulfide) groups is 1. The van der Waals surface area contributed by atoms with E-state index in [0.29, 0.717) is 16.5 Å². The standard InChI is InChI=1S/C9H10F2N2S.CH4N2/c1-13-9(12)14-5-6-2-3-7(10)4-8(6)11;2-1-3/h2-4H,5H2,1H3,(H2,12,13);1H,(H3,2,3). The first-order valence-electron chi connectivity index (χ1n) is 4.54. The van der Waals surface area contributed by atoms with Crippen LogP contribution in [0.2, 0.25) is 0 Å². The molecule has 0 aromatic heterocycles. The third kappa shape index (κ3) is 6.52. The van der Waals surface area contributed by atoms with Gasteiger partial charge >= 0.3 is 0 Å². The van der Waals surface area contributed by atoms with Crippen molar-refractivity contribution in [2.75, 3.05) is 7.05 Å². The lowest BCUT2D eigenvalue weighted by Gasteiger charge is -2.02. The molecule has 0 aliphatic rings. The fraction of sp³-hybridized carbons (Fsp3) is 0.200. The van der Waals surface area contributed by atoms with Crippen molar-refractivity contribution in [3.63, 3.8) is 0 Å². The normalized spacial score (nSPS) is 10.4. The Labute approximate surface area is 103 Å². The lowest BCUT2D eigenvalue weighted by molar-refractivity contribution is 0.577. The van der Waals surface area contributed by atoms with Crippen LogP contribution < -0.4 is 11.5 Å². The molecule has 4 nitrogen and oxygen atoms in total. The van der Waals surface area contributed by atoms with Crippen molar-refractivity contribution in [3.8, 4) is 0 Å². The van der Waals surface area contributed by atoms with Gasteiger partial charge in [-0.25, -0.2) is 8.78 Å². The Hall–Kier alpha value is -1.63. The van der Waals surface area contributed by atoms with Crippen molar-refractivity contribution in [1.29, 1.82) is 5.41 Å². The quantitative estimate of drug-likeness (QED) is 0.558. The Morgan fingerprint density at radius 2 is 2.12 bits per heavy atom. The van der Waals surface area contributed by atoms with Crippen molar-refractivity contribution in [2.45, 2.75) is 5.75 Å². The first-order chi connectivity index (χ1) is 8.04. The summed E-state index contributed by atoms with van der Waals surface area (Å²) in [5.41, 5.74) is 10.2. The van der Waals surface area contributed by atoms with Crippen LogP contribution in [0.25, 0.3) is 0 Å². The van der Waals surface area contributed by atoms with Crippen LogP contribution in [-0.4, -0.2) is 18.6 Å². The molecule has 94 valence electrons. The predicted octanol–water partition coefficient (Wildman–Crippen LogP) is 1.69. The second kappa shape index (κ2) is 8.51. The van der Waals surface area contributed by atoms with Crippen molar-refractivity contribution < 1.29 is 8.78 Å². The Morgan fingerprint density at radius 3 is 2.59 bits per heavy atom. The summed E-state index contributed by atoms with van der Waals surface area (Å²) in [5, 5.41) is 6.24. The molecule has 0 saturated heterocycles. The SMILES string of the molecule is CN=C(N)SCc1ccc(F)cc1F.N=CN. The van der Waals surface area contributed by atoms with Crippen LogP contribution >= 0.6 is 11.8 Å². The van der Waals surface area contributed by atoms with Gasteiger partial charge in [-0.05, 0) is 11.6 Å². The number of nitrogens with one attached hydrogen (secondary N) is 1. The van der Waals surface area contributed by atoms with Gasteiger partial charge in [-0.1, -0.05) is 17.8 Å². The zero-order chi connectivity index (χ0) is 13.3. The summed E-state index contributed by atoms with van der Waals surface area (Å²) in [6, 6.07) is 3.48. The van der Waals surface area contributed by atoms with Gasteiger partial charge in [-0.3, -0.25) is 10.4 Å². The van der Waals surface area contributed by atoms with Crippen LogP contribution in [0.15, 0.2) is 23.2 Å². The number of hydrogen-bond acceptors (Lipinski definition) is 3. The second-order valence-electron chi connectivity index (χ2n) is 2.75. The predicted molar refractivity (Wildman–Crippen MR) is 68.2 cm³/mol. The van der Waals surface area contributed by atoms with Crippen LogP contribution in [0.4, 0.5) is 8.78 Å². The van der Waals surface area contributed by atoms with Crippen molar-refractivity contribution >= 4 is 23.3 Å². The number of amidine groups is 1. The number of halogens is 2. The number of hydrogen-bond donors (Lipinski definition) is 3. The second-order valence-corrected chi connectivity index (χ2v) is 3.75. The highest BCUT2D eigenvalue weighted by Crippen LogP contribution is 2.16. The van der Waals surface area contributed by atoms with Crippen LogP contribution in [0, 0.1) is 17.0 Å².